The van der Waals surface area contributed by atoms with E-state index < -0.39 is 0 Å². The summed E-state index contributed by atoms with van der Waals surface area (Å²) < 4.78 is 1.19. The van der Waals surface area contributed by atoms with Crippen molar-refractivity contribution in [2.24, 2.45) is 0 Å². The number of hydrogen-bond donors (Lipinski definition) is 0. The van der Waals surface area contributed by atoms with Gasteiger partial charge in [-0.1, -0.05) is 15.9 Å². The molecule has 1 aromatic carbocycles. The molecule has 15 heavy (non-hydrogen) atoms. The molecule has 1 atom stereocenters. The van der Waals surface area contributed by atoms with Crippen LogP contribution in [-0.4, -0.2) is 17.3 Å². The summed E-state index contributed by atoms with van der Waals surface area (Å²) in [4.78, 5) is 13.7. The molecule has 0 N–H and O–H groups in total. The lowest BCUT2D eigenvalue weighted by molar-refractivity contribution is -0.118. The predicted molar refractivity (Wildman–Crippen MR) is 73.5 cm³/mol. The molecule has 0 radical (unpaired) electrons. The van der Waals surface area contributed by atoms with Crippen molar-refractivity contribution in [3.05, 3.63) is 27.8 Å². The van der Waals surface area contributed by atoms with Crippen LogP contribution >= 0.6 is 38.5 Å². The molecule has 0 bridgehead atoms. The second kappa shape index (κ2) is 4.82. The maximum Gasteiger partial charge on any atom is 0.240 e. The molecule has 0 aromatic heterocycles. The maximum atomic E-state index is 11.9. The number of carbonyl (C=O) groups excluding carboxylic acids is 1. The molecule has 1 aliphatic rings. The Morgan fingerprint density at radius 2 is 2.00 bits per heavy atom. The van der Waals surface area contributed by atoms with Gasteiger partial charge < -0.3 is 4.90 Å². The Morgan fingerprint density at radius 3 is 2.67 bits per heavy atom. The average Bonchev–Trinajstić information content (AvgIpc) is 2.24. The Hall–Kier alpha value is -0.100. The van der Waals surface area contributed by atoms with Gasteiger partial charge in [0, 0.05) is 15.8 Å². The summed E-state index contributed by atoms with van der Waals surface area (Å²) in [5.41, 5.74) is 1.00. The monoisotopic (exact) mass is 379 g/mol. The van der Waals surface area contributed by atoms with Crippen LogP contribution in [0.3, 0.4) is 0 Å². The van der Waals surface area contributed by atoms with Gasteiger partial charge in [0.05, 0.1) is 4.83 Å². The minimum atomic E-state index is -0.00877. The number of benzene rings is 1. The fraction of sp³-hybridized carbons (Fsp3) is 0.364. The summed E-state index contributed by atoms with van der Waals surface area (Å²) in [7, 11) is 0. The van der Waals surface area contributed by atoms with Gasteiger partial charge in [-0.3, -0.25) is 4.79 Å². The zero-order valence-corrected chi connectivity index (χ0v) is 11.9. The van der Waals surface area contributed by atoms with E-state index in [0.717, 1.165) is 25.1 Å². The Kier molecular flexibility index (Phi) is 3.66. The van der Waals surface area contributed by atoms with Crippen molar-refractivity contribution in [3.8, 4) is 0 Å². The van der Waals surface area contributed by atoms with E-state index in [0.29, 0.717) is 0 Å². The second-order valence-electron chi connectivity index (χ2n) is 3.58. The van der Waals surface area contributed by atoms with Gasteiger partial charge in [0.25, 0.3) is 0 Å². The first-order valence-electron chi connectivity index (χ1n) is 4.89. The summed E-state index contributed by atoms with van der Waals surface area (Å²) in [6.07, 6.45) is 2.01. The minimum absolute atomic E-state index is 0.00877. The lowest BCUT2D eigenvalue weighted by Gasteiger charge is -2.29. The molecule has 1 amide bonds. The molecule has 1 aliphatic heterocycles. The van der Waals surface area contributed by atoms with E-state index in [4.69, 9.17) is 0 Å². The molecular formula is C11H11BrINO. The Bertz CT molecular complexity index is 365. The third kappa shape index (κ3) is 2.53. The third-order valence-electron chi connectivity index (χ3n) is 2.51. The normalized spacial score (nSPS) is 21.9. The summed E-state index contributed by atoms with van der Waals surface area (Å²) in [6.45, 7) is 0.835. The number of anilines is 1. The lowest BCUT2D eigenvalue weighted by atomic mass is 10.1. The van der Waals surface area contributed by atoms with E-state index in [1.165, 1.54) is 3.57 Å². The first-order valence-corrected chi connectivity index (χ1v) is 6.89. The summed E-state index contributed by atoms with van der Waals surface area (Å²) >= 11 is 5.68. The molecule has 0 saturated carbocycles. The molecular weight excluding hydrogens is 369 g/mol. The number of alkyl halides is 1. The van der Waals surface area contributed by atoms with E-state index in [9.17, 15) is 4.79 Å². The van der Waals surface area contributed by atoms with Crippen LogP contribution in [0.5, 0.6) is 0 Å². The van der Waals surface area contributed by atoms with Gasteiger partial charge in [0.1, 0.15) is 0 Å². The SMILES string of the molecule is O=C1C(Br)CCCN1c1ccc(I)cc1. The van der Waals surface area contributed by atoms with Gasteiger partial charge in [0.15, 0.2) is 0 Å². The largest absolute Gasteiger partial charge is 0.311 e. The fourth-order valence-corrected chi connectivity index (χ4v) is 2.64. The van der Waals surface area contributed by atoms with Crippen molar-refractivity contribution < 1.29 is 4.79 Å². The van der Waals surface area contributed by atoms with Crippen molar-refractivity contribution in [3.63, 3.8) is 0 Å². The Morgan fingerprint density at radius 1 is 1.33 bits per heavy atom. The fourth-order valence-electron chi connectivity index (χ4n) is 1.71. The second-order valence-corrected chi connectivity index (χ2v) is 5.93. The minimum Gasteiger partial charge on any atom is -0.311 e. The van der Waals surface area contributed by atoms with E-state index in [1.54, 1.807) is 0 Å². The molecule has 1 fully saturated rings. The first kappa shape index (κ1) is 11.4. The highest BCUT2D eigenvalue weighted by Crippen LogP contribution is 2.25. The van der Waals surface area contributed by atoms with Crippen molar-refractivity contribution in [1.82, 2.24) is 0 Å². The van der Waals surface area contributed by atoms with Crippen LogP contribution in [0.1, 0.15) is 12.8 Å². The lowest BCUT2D eigenvalue weighted by Crippen LogP contribution is -2.41. The molecule has 4 heteroatoms. The molecule has 0 aliphatic carbocycles. The highest BCUT2D eigenvalue weighted by atomic mass is 127. The number of piperidine rings is 1. The van der Waals surface area contributed by atoms with Crippen molar-refractivity contribution in [2.75, 3.05) is 11.4 Å². The summed E-state index contributed by atoms with van der Waals surface area (Å²) in [5.74, 6) is 0.183. The number of carbonyl (C=O) groups is 1. The molecule has 1 aromatic rings. The number of nitrogens with zero attached hydrogens (tertiary/aromatic N) is 1. The van der Waals surface area contributed by atoms with Gasteiger partial charge in [-0.25, -0.2) is 0 Å². The summed E-state index contributed by atoms with van der Waals surface area (Å²) in [6, 6.07) is 8.07. The third-order valence-corrected chi connectivity index (χ3v) is 4.08. The first-order chi connectivity index (χ1) is 7.18. The van der Waals surface area contributed by atoms with Crippen molar-refractivity contribution in [1.29, 1.82) is 0 Å². The van der Waals surface area contributed by atoms with Crippen LogP contribution in [0, 0.1) is 3.57 Å². The molecule has 1 saturated heterocycles. The maximum absolute atomic E-state index is 11.9. The molecule has 0 spiro atoms. The number of rotatable bonds is 1. The predicted octanol–water partition coefficient (Wildman–Crippen LogP) is 3.18. The Labute approximate surface area is 111 Å². The number of halogens is 2. The van der Waals surface area contributed by atoms with Crippen LogP contribution in [-0.2, 0) is 4.79 Å². The van der Waals surface area contributed by atoms with Gasteiger partial charge in [0.2, 0.25) is 5.91 Å². The zero-order chi connectivity index (χ0) is 10.8. The van der Waals surface area contributed by atoms with E-state index in [-0.39, 0.29) is 10.7 Å². The van der Waals surface area contributed by atoms with Crippen LogP contribution in [0.25, 0.3) is 0 Å². The van der Waals surface area contributed by atoms with Gasteiger partial charge >= 0.3 is 0 Å². The van der Waals surface area contributed by atoms with Crippen molar-refractivity contribution >= 4 is 50.1 Å². The zero-order valence-electron chi connectivity index (χ0n) is 8.12. The van der Waals surface area contributed by atoms with Crippen LogP contribution < -0.4 is 4.90 Å². The number of amides is 1. The highest BCUT2D eigenvalue weighted by molar-refractivity contribution is 14.1. The van der Waals surface area contributed by atoms with Crippen LogP contribution in [0.2, 0.25) is 0 Å². The van der Waals surface area contributed by atoms with E-state index in [2.05, 4.69) is 38.5 Å². The van der Waals surface area contributed by atoms with E-state index in [1.807, 2.05) is 29.2 Å². The van der Waals surface area contributed by atoms with Crippen molar-refractivity contribution in [2.45, 2.75) is 17.7 Å². The molecule has 1 heterocycles. The molecule has 2 rings (SSSR count). The molecule has 80 valence electrons. The average molecular weight is 380 g/mol. The highest BCUT2D eigenvalue weighted by Gasteiger charge is 2.27. The smallest absolute Gasteiger partial charge is 0.240 e. The van der Waals surface area contributed by atoms with Crippen LogP contribution in [0.15, 0.2) is 24.3 Å². The summed E-state index contributed by atoms with van der Waals surface area (Å²) in [5, 5.41) is 0. The van der Waals surface area contributed by atoms with Gasteiger partial charge in [-0.05, 0) is 59.7 Å². The van der Waals surface area contributed by atoms with Gasteiger partial charge in [-0.2, -0.15) is 0 Å². The Balaban J connectivity index is 2.22. The quantitative estimate of drug-likeness (QED) is 0.542. The number of hydrogen-bond acceptors (Lipinski definition) is 1. The topological polar surface area (TPSA) is 20.3 Å². The molecule has 2 nitrogen and oxygen atoms in total. The van der Waals surface area contributed by atoms with Crippen LogP contribution in [0.4, 0.5) is 5.69 Å². The van der Waals surface area contributed by atoms with E-state index >= 15 is 0 Å². The van der Waals surface area contributed by atoms with Gasteiger partial charge in [-0.15, -0.1) is 0 Å². The standard InChI is InChI=1S/C11H11BrINO/c12-10-2-1-7-14(11(10)15)9-5-3-8(13)4-6-9/h3-6,10H,1-2,7H2. The molecule has 1 unspecified atom stereocenters.